The molecule has 0 bridgehead atoms. The van der Waals surface area contributed by atoms with Crippen molar-refractivity contribution < 1.29 is 14.3 Å². The smallest absolute Gasteiger partial charge is 0.311 e. The van der Waals surface area contributed by atoms with Crippen molar-refractivity contribution in [1.29, 1.82) is 0 Å². The molecular formula is C18H21N3O4S. The lowest BCUT2D eigenvalue weighted by Gasteiger charge is -2.12. The van der Waals surface area contributed by atoms with E-state index in [9.17, 15) is 14.4 Å². The minimum Gasteiger partial charge on any atom is -0.469 e. The molecule has 8 heteroatoms. The maximum absolute atomic E-state index is 12.0. The summed E-state index contributed by atoms with van der Waals surface area (Å²) in [6.45, 7) is 2.56. The number of aromatic amines is 1. The van der Waals surface area contributed by atoms with Gasteiger partial charge in [-0.25, -0.2) is 4.98 Å². The molecular weight excluding hydrogens is 354 g/mol. The van der Waals surface area contributed by atoms with Crippen LogP contribution in [-0.4, -0.2) is 41.3 Å². The van der Waals surface area contributed by atoms with Crippen molar-refractivity contribution in [3.8, 4) is 0 Å². The predicted octanol–water partition coefficient (Wildman–Crippen LogP) is 1.50. The van der Waals surface area contributed by atoms with Crippen LogP contribution in [0.4, 0.5) is 0 Å². The van der Waals surface area contributed by atoms with Gasteiger partial charge in [0.1, 0.15) is 0 Å². The monoisotopic (exact) mass is 375 g/mol. The summed E-state index contributed by atoms with van der Waals surface area (Å²) in [4.78, 5) is 41.7. The number of hydrogen-bond donors (Lipinski definition) is 2. The summed E-state index contributed by atoms with van der Waals surface area (Å²) >= 11 is 1.11. The standard InChI is InChI=1S/C18H21N3O4S/c1-12(13-6-4-3-5-7-13)10-19-16(23)11-26-18-20-14(8-15(22)21-18)9-17(24)25-2/h3-8,12H,9-11H2,1-2H3,(H,19,23)(H,20,21,22)/t12-/m0/s1. The number of carbonyl (C=O) groups is 2. The summed E-state index contributed by atoms with van der Waals surface area (Å²) < 4.78 is 4.56. The topological polar surface area (TPSA) is 101 Å². The van der Waals surface area contributed by atoms with E-state index in [4.69, 9.17) is 0 Å². The Morgan fingerprint density at radius 1 is 1.31 bits per heavy atom. The fraction of sp³-hybridized carbons (Fsp3) is 0.333. The van der Waals surface area contributed by atoms with Gasteiger partial charge in [0.2, 0.25) is 5.91 Å². The van der Waals surface area contributed by atoms with Gasteiger partial charge in [-0.3, -0.25) is 14.4 Å². The highest BCUT2D eigenvalue weighted by Gasteiger charge is 2.11. The molecule has 1 heterocycles. The van der Waals surface area contributed by atoms with Gasteiger partial charge in [-0.2, -0.15) is 0 Å². The molecule has 2 rings (SSSR count). The Kier molecular flexibility index (Phi) is 7.40. The van der Waals surface area contributed by atoms with Crippen molar-refractivity contribution in [2.75, 3.05) is 19.4 Å². The van der Waals surface area contributed by atoms with Gasteiger partial charge in [-0.1, -0.05) is 49.0 Å². The highest BCUT2D eigenvalue weighted by Crippen LogP contribution is 2.14. The Morgan fingerprint density at radius 2 is 2.04 bits per heavy atom. The molecule has 0 fully saturated rings. The lowest BCUT2D eigenvalue weighted by atomic mass is 10.0. The van der Waals surface area contributed by atoms with Crippen LogP contribution in [0.5, 0.6) is 0 Å². The molecule has 0 aliphatic carbocycles. The van der Waals surface area contributed by atoms with Crippen molar-refractivity contribution in [2.45, 2.75) is 24.4 Å². The van der Waals surface area contributed by atoms with Crippen LogP contribution in [0.25, 0.3) is 0 Å². The molecule has 2 aromatic rings. The number of amides is 1. The Balaban J connectivity index is 1.85. The highest BCUT2D eigenvalue weighted by molar-refractivity contribution is 7.99. The fourth-order valence-electron chi connectivity index (χ4n) is 2.21. The third-order valence-corrected chi connectivity index (χ3v) is 4.51. The van der Waals surface area contributed by atoms with Crippen molar-refractivity contribution in [2.24, 2.45) is 0 Å². The summed E-state index contributed by atoms with van der Waals surface area (Å²) in [5.74, 6) is -0.316. The van der Waals surface area contributed by atoms with Gasteiger partial charge >= 0.3 is 5.97 Å². The van der Waals surface area contributed by atoms with Crippen LogP contribution in [0.3, 0.4) is 0 Å². The number of thioether (sulfide) groups is 1. The summed E-state index contributed by atoms with van der Waals surface area (Å²) in [6, 6.07) is 11.2. The van der Waals surface area contributed by atoms with E-state index >= 15 is 0 Å². The summed E-state index contributed by atoms with van der Waals surface area (Å²) in [7, 11) is 1.27. The summed E-state index contributed by atoms with van der Waals surface area (Å²) in [6.07, 6.45) is -0.0885. The number of ether oxygens (including phenoxy) is 1. The predicted molar refractivity (Wildman–Crippen MR) is 99.2 cm³/mol. The zero-order chi connectivity index (χ0) is 18.9. The first kappa shape index (κ1) is 19.7. The molecule has 0 radical (unpaired) electrons. The number of esters is 1. The molecule has 1 amide bonds. The van der Waals surface area contributed by atoms with E-state index in [0.717, 1.165) is 17.3 Å². The molecule has 1 aromatic carbocycles. The molecule has 26 heavy (non-hydrogen) atoms. The SMILES string of the molecule is COC(=O)Cc1cc(=O)[nH]c(SCC(=O)NC[C@H](C)c2ccccc2)n1. The highest BCUT2D eigenvalue weighted by atomic mass is 32.2. The molecule has 0 spiro atoms. The largest absolute Gasteiger partial charge is 0.469 e. The normalized spacial score (nSPS) is 11.6. The van der Waals surface area contributed by atoms with Gasteiger partial charge in [0.05, 0.1) is 25.0 Å². The van der Waals surface area contributed by atoms with Gasteiger partial charge in [0, 0.05) is 12.6 Å². The van der Waals surface area contributed by atoms with Crippen LogP contribution in [-0.2, 0) is 20.7 Å². The van der Waals surface area contributed by atoms with Crippen molar-refractivity contribution in [3.05, 3.63) is 58.0 Å². The molecule has 1 atom stereocenters. The average Bonchev–Trinajstić information content (AvgIpc) is 2.64. The third kappa shape index (κ3) is 6.36. The number of benzene rings is 1. The number of nitrogens with zero attached hydrogens (tertiary/aromatic N) is 1. The van der Waals surface area contributed by atoms with Gasteiger partial charge < -0.3 is 15.0 Å². The van der Waals surface area contributed by atoms with Gasteiger partial charge in [0.15, 0.2) is 5.16 Å². The molecule has 0 saturated heterocycles. The number of H-pyrrole nitrogens is 1. The van der Waals surface area contributed by atoms with E-state index in [1.165, 1.54) is 13.2 Å². The second kappa shape index (κ2) is 9.76. The molecule has 7 nitrogen and oxygen atoms in total. The van der Waals surface area contributed by atoms with E-state index < -0.39 is 5.97 Å². The summed E-state index contributed by atoms with van der Waals surface area (Å²) in [5.41, 5.74) is 1.09. The number of rotatable bonds is 8. The minimum atomic E-state index is -0.480. The molecule has 0 aliphatic rings. The molecule has 1 aromatic heterocycles. The average molecular weight is 375 g/mol. The lowest BCUT2D eigenvalue weighted by molar-refractivity contribution is -0.139. The quantitative estimate of drug-likeness (QED) is 0.412. The van der Waals surface area contributed by atoms with Crippen molar-refractivity contribution >= 4 is 23.6 Å². The Bertz CT molecular complexity index is 808. The summed E-state index contributed by atoms with van der Waals surface area (Å²) in [5, 5.41) is 3.16. The number of nitrogens with one attached hydrogen (secondary N) is 2. The van der Waals surface area contributed by atoms with Crippen LogP contribution in [0.1, 0.15) is 24.1 Å². The molecule has 0 saturated carbocycles. The van der Waals surface area contributed by atoms with Gasteiger partial charge in [-0.15, -0.1) is 0 Å². The Morgan fingerprint density at radius 3 is 2.73 bits per heavy atom. The molecule has 0 aliphatic heterocycles. The van der Waals surface area contributed by atoms with Crippen LogP contribution in [0.2, 0.25) is 0 Å². The van der Waals surface area contributed by atoms with Crippen LogP contribution in [0.15, 0.2) is 46.3 Å². The van der Waals surface area contributed by atoms with Crippen LogP contribution in [0, 0.1) is 0 Å². The van der Waals surface area contributed by atoms with E-state index in [0.29, 0.717) is 17.4 Å². The lowest BCUT2D eigenvalue weighted by Crippen LogP contribution is -2.29. The van der Waals surface area contributed by atoms with E-state index in [1.807, 2.05) is 37.3 Å². The number of hydrogen-bond acceptors (Lipinski definition) is 6. The first-order valence-corrected chi connectivity index (χ1v) is 9.08. The van der Waals surface area contributed by atoms with Crippen LogP contribution < -0.4 is 10.9 Å². The maximum atomic E-state index is 12.0. The van der Waals surface area contributed by atoms with E-state index in [-0.39, 0.29) is 29.6 Å². The fourth-order valence-corrected chi connectivity index (χ4v) is 2.94. The molecule has 0 unspecified atom stereocenters. The second-order valence-corrected chi connectivity index (χ2v) is 6.66. The van der Waals surface area contributed by atoms with E-state index in [2.05, 4.69) is 20.0 Å². The number of aromatic nitrogens is 2. The molecule has 2 N–H and O–H groups in total. The first-order chi connectivity index (χ1) is 12.5. The van der Waals surface area contributed by atoms with Gasteiger partial charge in [0.25, 0.3) is 5.56 Å². The van der Waals surface area contributed by atoms with Crippen LogP contribution >= 0.6 is 11.8 Å². The number of methoxy groups -OCH3 is 1. The number of carbonyl (C=O) groups excluding carboxylic acids is 2. The Labute approximate surface area is 155 Å². The van der Waals surface area contributed by atoms with Crippen molar-refractivity contribution in [3.63, 3.8) is 0 Å². The minimum absolute atomic E-state index is 0.0885. The maximum Gasteiger partial charge on any atom is 0.311 e. The molecule has 138 valence electrons. The Hall–Kier alpha value is -2.61. The van der Waals surface area contributed by atoms with Crippen molar-refractivity contribution in [1.82, 2.24) is 15.3 Å². The first-order valence-electron chi connectivity index (χ1n) is 8.09. The van der Waals surface area contributed by atoms with Gasteiger partial charge in [-0.05, 0) is 11.5 Å². The third-order valence-electron chi connectivity index (χ3n) is 3.64. The zero-order valence-electron chi connectivity index (χ0n) is 14.7. The second-order valence-electron chi connectivity index (χ2n) is 5.70. The van der Waals surface area contributed by atoms with E-state index in [1.54, 1.807) is 0 Å². The zero-order valence-corrected chi connectivity index (χ0v) is 15.5.